The Kier molecular flexibility index (Phi) is 11.5. The molecular formula is C88H59N5OPt-2. The maximum atomic E-state index is 9.46. The number of fused-ring (bicyclic) bond motifs is 15. The Labute approximate surface area is 579 Å². The molecule has 0 spiro atoms. The Morgan fingerprint density at radius 3 is 1.57 bits per heavy atom. The normalized spacial score (nSPS) is 13.3. The van der Waals surface area contributed by atoms with Gasteiger partial charge in [-0.1, -0.05) is 238 Å². The summed E-state index contributed by atoms with van der Waals surface area (Å²) in [6.07, 6.45) is 5.46. The van der Waals surface area contributed by atoms with Gasteiger partial charge >= 0.3 is 0 Å². The molecule has 17 aromatic rings. The number of imidazole rings is 1. The van der Waals surface area contributed by atoms with Gasteiger partial charge in [0.2, 0.25) is 0 Å². The number of hydrogen-bond donors (Lipinski definition) is 0. The van der Waals surface area contributed by atoms with Gasteiger partial charge in [-0.25, -0.2) is 4.98 Å². The molecule has 0 saturated heterocycles. The van der Waals surface area contributed by atoms with Gasteiger partial charge in [0.05, 0.1) is 41.5 Å². The van der Waals surface area contributed by atoms with E-state index in [9.17, 15) is 5.48 Å². The molecule has 0 saturated carbocycles. The van der Waals surface area contributed by atoms with Crippen LogP contribution in [0.5, 0.6) is 11.5 Å². The second-order valence-corrected chi connectivity index (χ2v) is 24.7. The first kappa shape index (κ1) is 47.5. The quantitative estimate of drug-likeness (QED) is 0.107. The number of ether oxygens (including phenoxy) is 1. The van der Waals surface area contributed by atoms with Gasteiger partial charge in [-0.3, -0.25) is 4.57 Å². The van der Waals surface area contributed by atoms with E-state index in [1.165, 1.54) is 0 Å². The summed E-state index contributed by atoms with van der Waals surface area (Å²) in [7, 11) is 0. The van der Waals surface area contributed by atoms with E-state index in [2.05, 4.69) is 224 Å². The predicted molar refractivity (Wildman–Crippen MR) is 385 cm³/mol. The molecule has 0 amide bonds. The van der Waals surface area contributed by atoms with Crippen LogP contribution in [0.4, 0.5) is 0 Å². The van der Waals surface area contributed by atoms with Crippen LogP contribution in [0, 0.1) is 18.5 Å². The zero-order chi connectivity index (χ0) is 71.3. The number of hydrogen-bond acceptors (Lipinski definition) is 2. The predicted octanol–water partition coefficient (Wildman–Crippen LogP) is 22.0. The van der Waals surface area contributed by atoms with E-state index in [0.29, 0.717) is 28.2 Å². The molecule has 18 rings (SSSR count). The first-order valence-corrected chi connectivity index (χ1v) is 31.3. The molecule has 0 radical (unpaired) electrons. The number of aromatic nitrogens is 5. The molecule has 6 nitrogen and oxygen atoms in total. The third kappa shape index (κ3) is 9.66. The van der Waals surface area contributed by atoms with Gasteiger partial charge in [0.15, 0.2) is 0 Å². The van der Waals surface area contributed by atoms with E-state index in [4.69, 9.17) is 17.9 Å². The SMILES string of the molecule is [2H]c1c([2H])c([2H])c(-c2cccc(-c3c([2H])c([2H])c([2H])c([2H])c3[2H])c2-[n+]2[c-]n(-c3[c-]c(Oc4[c-]c5c(cc4)c4cc(-n6c7ccccc7c7ccccc76)ccc4n5-c4cc(C(C)(C)C)ccn4)ccc3)c3ccc(-c4ccc5c(c4)-c4ccccc4-c4ccccc4-c4ccccc4-5)cc32)c([2H])c1[2H].[Pt]. The summed E-state index contributed by atoms with van der Waals surface area (Å²) in [5.41, 5.74) is 17.5. The van der Waals surface area contributed by atoms with Crippen LogP contribution in [0.3, 0.4) is 0 Å². The van der Waals surface area contributed by atoms with Crippen LogP contribution in [0.1, 0.15) is 40.0 Å². The van der Waals surface area contributed by atoms with E-state index in [1.807, 2.05) is 42.6 Å². The van der Waals surface area contributed by atoms with Gasteiger partial charge in [0, 0.05) is 60.7 Å². The standard InChI is InChI=1S/C88H59N5O.Pt/c1-88(2,3)61-48-49-89-86(52-61)93-82-47-42-63(92-80-38-18-16-34-75(80)76-35-17-19-39-81(76)92)54-79(82)77-45-43-65(55-84(77)93)94-64-27-20-26-62(53-64)90-56-91(87-66(57-22-6-4-7-23-57)36-21-37-67(87)58-24-8-5-9-25-58)85-51-60(41-46-83(85)90)59-40-44-74-72-32-13-12-30-70(72)68-28-10-11-29-69(68)71-31-14-15-33-73(71)78(74)50-59;/h4-52,54H,1-3H3;/q-2;/i4D,5D,6D,7D,8D,9D,22D,23D,24D,25D;. The molecule has 0 fully saturated rings. The van der Waals surface area contributed by atoms with Crippen molar-refractivity contribution in [2.24, 2.45) is 0 Å². The molecule has 0 atom stereocenters. The first-order valence-electron chi connectivity index (χ1n) is 36.3. The molecule has 0 aliphatic heterocycles. The van der Waals surface area contributed by atoms with Crippen LogP contribution >= 0.6 is 0 Å². The molecule has 4 aromatic heterocycles. The number of para-hydroxylation sites is 3. The molecule has 4 heterocycles. The van der Waals surface area contributed by atoms with Crippen molar-refractivity contribution in [2.45, 2.75) is 26.2 Å². The molecule has 0 bridgehead atoms. The Balaban J connectivity index is 0.00000813. The van der Waals surface area contributed by atoms with Gasteiger partial charge in [-0.15, -0.1) is 29.7 Å². The third-order valence-electron chi connectivity index (χ3n) is 18.3. The largest absolute Gasteiger partial charge is 0.510 e. The summed E-state index contributed by atoms with van der Waals surface area (Å²) < 4.78 is 106. The molecule has 0 unspecified atom stereocenters. The average Bonchev–Trinajstić information content (AvgIpc) is 1.37. The fourth-order valence-electron chi connectivity index (χ4n) is 13.9. The molecule has 13 aromatic carbocycles. The topological polar surface area (TPSA) is 40.8 Å². The second kappa shape index (κ2) is 23.0. The van der Waals surface area contributed by atoms with Crippen LogP contribution in [0.25, 0.3) is 155 Å². The summed E-state index contributed by atoms with van der Waals surface area (Å²) in [6, 6.07) is 81.5. The van der Waals surface area contributed by atoms with Crippen molar-refractivity contribution in [3.8, 4) is 112 Å². The summed E-state index contributed by atoms with van der Waals surface area (Å²) in [6.45, 7) is 6.56. The van der Waals surface area contributed by atoms with Crippen LogP contribution in [-0.4, -0.2) is 18.7 Å². The van der Waals surface area contributed by atoms with E-state index >= 15 is 0 Å². The third-order valence-corrected chi connectivity index (χ3v) is 18.3. The van der Waals surface area contributed by atoms with Crippen LogP contribution in [0.2, 0.25) is 0 Å². The molecular weight excluding hydrogens is 1340 g/mol. The summed E-state index contributed by atoms with van der Waals surface area (Å²) >= 11 is 0. The Morgan fingerprint density at radius 2 is 0.937 bits per heavy atom. The molecule has 95 heavy (non-hydrogen) atoms. The Bertz CT molecular complexity index is 6340. The summed E-state index contributed by atoms with van der Waals surface area (Å²) in [4.78, 5) is 5.01. The number of benzene rings is 13. The Hall–Kier alpha value is -11.4. The maximum Gasteiger partial charge on any atom is 0.268 e. The summed E-state index contributed by atoms with van der Waals surface area (Å²) in [5.74, 6) is 1.44. The Morgan fingerprint density at radius 1 is 0.411 bits per heavy atom. The zero-order valence-electron chi connectivity index (χ0n) is 61.6. The van der Waals surface area contributed by atoms with Crippen molar-refractivity contribution in [1.82, 2.24) is 18.7 Å². The first-order chi connectivity index (χ1) is 50.4. The van der Waals surface area contributed by atoms with Crippen LogP contribution in [0.15, 0.2) is 303 Å². The van der Waals surface area contributed by atoms with E-state index in [1.54, 1.807) is 33.4 Å². The minimum absolute atomic E-state index is 0. The van der Waals surface area contributed by atoms with Gasteiger partial charge in [-0.05, 0) is 155 Å². The number of pyridine rings is 1. The zero-order valence-corrected chi connectivity index (χ0v) is 53.8. The van der Waals surface area contributed by atoms with Gasteiger partial charge in [-0.2, -0.15) is 18.2 Å². The molecule has 1 aliphatic rings. The molecule has 0 N–H and O–H groups in total. The van der Waals surface area contributed by atoms with Crippen LogP contribution in [-0.2, 0) is 26.5 Å². The van der Waals surface area contributed by atoms with Crippen molar-refractivity contribution in [3.63, 3.8) is 0 Å². The smallest absolute Gasteiger partial charge is 0.268 e. The molecule has 454 valence electrons. The monoisotopic (exact) mass is 1410 g/mol. The minimum atomic E-state index is -0.593. The fraction of sp³-hybridized carbons (Fsp3) is 0.0455. The van der Waals surface area contributed by atoms with Gasteiger partial charge in [0.25, 0.3) is 6.33 Å². The van der Waals surface area contributed by atoms with Gasteiger partial charge in [0.1, 0.15) is 5.82 Å². The van der Waals surface area contributed by atoms with Crippen molar-refractivity contribution < 1.29 is 44.1 Å². The minimum Gasteiger partial charge on any atom is -0.510 e. The number of nitrogens with zero attached hydrogens (tertiary/aromatic N) is 5. The van der Waals surface area contributed by atoms with Crippen molar-refractivity contribution >= 4 is 54.6 Å². The van der Waals surface area contributed by atoms with E-state index < -0.39 is 60.4 Å². The fourth-order valence-corrected chi connectivity index (χ4v) is 13.9. The maximum absolute atomic E-state index is 9.46. The van der Waals surface area contributed by atoms with Crippen molar-refractivity contribution in [2.75, 3.05) is 0 Å². The van der Waals surface area contributed by atoms with E-state index in [-0.39, 0.29) is 54.4 Å². The summed E-state index contributed by atoms with van der Waals surface area (Å²) in [5, 5.41) is 4.26. The number of rotatable bonds is 9. The van der Waals surface area contributed by atoms with Crippen molar-refractivity contribution in [3.05, 3.63) is 327 Å². The van der Waals surface area contributed by atoms with Crippen molar-refractivity contribution in [1.29, 1.82) is 0 Å². The van der Waals surface area contributed by atoms with Gasteiger partial charge < -0.3 is 18.4 Å². The second-order valence-electron chi connectivity index (χ2n) is 24.7. The average molecular weight is 1410 g/mol. The van der Waals surface area contributed by atoms with Crippen LogP contribution < -0.4 is 9.30 Å². The van der Waals surface area contributed by atoms with E-state index in [0.717, 1.165) is 116 Å². The molecule has 7 heteroatoms. The molecule has 1 aliphatic carbocycles.